The van der Waals surface area contributed by atoms with Gasteiger partial charge in [0.2, 0.25) is 5.13 Å². The van der Waals surface area contributed by atoms with Gasteiger partial charge in [-0.15, -0.1) is 0 Å². The molecule has 9 heteroatoms. The summed E-state index contributed by atoms with van der Waals surface area (Å²) < 4.78 is 19.6. The van der Waals surface area contributed by atoms with Crippen LogP contribution in [0.1, 0.15) is 80.4 Å². The van der Waals surface area contributed by atoms with Crippen LogP contribution in [0.5, 0.6) is 0 Å². The molecule has 3 atom stereocenters. The number of ether oxygens (including phenoxy) is 1. The molecular weight excluding hydrogens is 558 g/mol. The van der Waals surface area contributed by atoms with E-state index in [1.54, 1.807) is 18.2 Å². The number of carbonyl (C=O) groups excluding carboxylic acids is 2. The molecule has 41 heavy (non-hydrogen) atoms. The molecule has 1 saturated carbocycles. The number of fused-ring (bicyclic) bond motifs is 6. The molecule has 6 rings (SSSR count). The number of nitrogens with zero attached hydrogens (tertiary/aromatic N) is 2. The molecule has 2 fully saturated rings. The van der Waals surface area contributed by atoms with E-state index in [1.165, 1.54) is 41.7 Å². The molecule has 1 aliphatic heterocycles. The zero-order chi connectivity index (χ0) is 29.1. The van der Waals surface area contributed by atoms with Gasteiger partial charge in [-0.05, 0) is 66.8 Å². The number of carbonyl (C=O) groups is 2. The number of aliphatic imine (C=N–C) groups is 1. The molecule has 1 unspecified atom stereocenters. The van der Waals surface area contributed by atoms with Crippen molar-refractivity contribution in [2.75, 3.05) is 7.11 Å². The molecule has 3 aromatic rings. The Hall–Kier alpha value is -3.30. The van der Waals surface area contributed by atoms with Crippen molar-refractivity contribution in [3.05, 3.63) is 74.8 Å². The summed E-state index contributed by atoms with van der Waals surface area (Å²) in [6.45, 7) is 8.65. The van der Waals surface area contributed by atoms with Gasteiger partial charge in [0.25, 0.3) is 5.91 Å². The Balaban J connectivity index is 1.46. The second-order valence-electron chi connectivity index (χ2n) is 11.8. The Bertz CT molecular complexity index is 1640. The first-order chi connectivity index (χ1) is 19.5. The molecule has 2 heterocycles. The third-order valence-electron chi connectivity index (χ3n) is 8.84. The minimum absolute atomic E-state index is 0.127. The van der Waals surface area contributed by atoms with Crippen LogP contribution < -0.4 is 5.32 Å². The summed E-state index contributed by atoms with van der Waals surface area (Å²) in [6, 6.07) is 13.0. The number of methoxy groups -OCH3 is 1. The lowest BCUT2D eigenvalue weighted by Crippen LogP contribution is -2.50. The molecule has 6 nitrogen and oxygen atoms in total. The Morgan fingerprint density at radius 1 is 1.22 bits per heavy atom. The van der Waals surface area contributed by atoms with Crippen LogP contribution in [0, 0.1) is 11.2 Å². The number of nitrogens with one attached hydrogen (secondary N) is 1. The van der Waals surface area contributed by atoms with Gasteiger partial charge < -0.3 is 10.1 Å². The highest BCUT2D eigenvalue weighted by atomic mass is 32.2. The molecule has 0 radical (unpaired) electrons. The average molecular weight is 590 g/mol. The zero-order valence-corrected chi connectivity index (χ0v) is 25.3. The van der Waals surface area contributed by atoms with Gasteiger partial charge in [-0.25, -0.2) is 9.37 Å². The van der Waals surface area contributed by atoms with Gasteiger partial charge in [-0.2, -0.15) is 4.99 Å². The van der Waals surface area contributed by atoms with E-state index in [-0.39, 0.29) is 23.2 Å². The van der Waals surface area contributed by atoms with Crippen LogP contribution in [-0.2, 0) is 19.7 Å². The fourth-order valence-electron chi connectivity index (χ4n) is 6.81. The highest BCUT2D eigenvalue weighted by molar-refractivity contribution is 8.18. The first-order valence-corrected chi connectivity index (χ1v) is 15.5. The van der Waals surface area contributed by atoms with Crippen molar-refractivity contribution in [1.29, 1.82) is 0 Å². The molecule has 0 spiro atoms. The van der Waals surface area contributed by atoms with Crippen molar-refractivity contribution in [3.63, 3.8) is 0 Å². The molecule has 1 aromatic heterocycles. The van der Waals surface area contributed by atoms with E-state index in [1.807, 2.05) is 6.92 Å². The van der Waals surface area contributed by atoms with E-state index < -0.39 is 11.2 Å². The third kappa shape index (κ3) is 4.54. The molecule has 1 amide bonds. The van der Waals surface area contributed by atoms with Crippen molar-refractivity contribution < 1.29 is 18.7 Å². The number of rotatable bonds is 4. The Morgan fingerprint density at radius 2 is 2.00 bits per heavy atom. The Labute approximate surface area is 247 Å². The van der Waals surface area contributed by atoms with Crippen LogP contribution in [-0.4, -0.2) is 29.1 Å². The van der Waals surface area contributed by atoms with E-state index in [4.69, 9.17) is 14.7 Å². The van der Waals surface area contributed by atoms with Crippen LogP contribution >= 0.6 is 23.1 Å². The van der Waals surface area contributed by atoms with E-state index in [2.05, 4.69) is 44.3 Å². The monoisotopic (exact) mass is 589 g/mol. The number of thioether (sulfide) groups is 1. The van der Waals surface area contributed by atoms with Crippen LogP contribution in [0.3, 0.4) is 0 Å². The standard InChI is InChI=1S/C32H32FN3O3S2/c1-17(2)18-11-12-21-20(15-18)24-25(26-31(21,3)13-8-14-32(26,4)28(38)39-5)41-29(34-24)36-30-35-27(37)23(40-30)16-19-9-6-7-10-22(19)33/h6-7,9-12,15-17,26H,8,13-14H2,1-5H3,(H,34,35,36,37)/b23-16-/t26?,31-,32-/m1/s1. The predicted octanol–water partition coefficient (Wildman–Crippen LogP) is 7.68. The summed E-state index contributed by atoms with van der Waals surface area (Å²) in [5, 5.41) is 3.70. The minimum atomic E-state index is -0.714. The van der Waals surface area contributed by atoms with Crippen molar-refractivity contribution >= 4 is 51.4 Å². The number of amides is 1. The number of benzene rings is 2. The van der Waals surface area contributed by atoms with Gasteiger partial charge >= 0.3 is 5.97 Å². The van der Waals surface area contributed by atoms with Gasteiger partial charge in [-0.3, -0.25) is 9.59 Å². The number of amidine groups is 1. The van der Waals surface area contributed by atoms with E-state index in [0.717, 1.165) is 47.2 Å². The highest BCUT2D eigenvalue weighted by Crippen LogP contribution is 2.65. The fraction of sp³-hybridized carbons (Fsp3) is 0.375. The molecular formula is C32H32FN3O3S2. The topological polar surface area (TPSA) is 80.7 Å². The van der Waals surface area contributed by atoms with Crippen molar-refractivity contribution in [2.45, 2.75) is 64.2 Å². The third-order valence-corrected chi connectivity index (χ3v) is 10.8. The maximum absolute atomic E-state index is 14.2. The summed E-state index contributed by atoms with van der Waals surface area (Å²) in [5.74, 6) is -0.704. The van der Waals surface area contributed by atoms with Gasteiger partial charge in [0, 0.05) is 27.3 Å². The largest absolute Gasteiger partial charge is 0.469 e. The van der Waals surface area contributed by atoms with E-state index >= 15 is 0 Å². The van der Waals surface area contributed by atoms with Gasteiger partial charge in [-0.1, -0.05) is 68.9 Å². The number of hydrogen-bond acceptors (Lipinski definition) is 7. The zero-order valence-electron chi connectivity index (χ0n) is 23.7. The van der Waals surface area contributed by atoms with E-state index in [0.29, 0.717) is 26.7 Å². The number of esters is 1. The summed E-state index contributed by atoms with van der Waals surface area (Å²) in [7, 11) is 1.46. The maximum atomic E-state index is 14.2. The summed E-state index contributed by atoms with van der Waals surface area (Å²) >= 11 is 2.63. The number of hydrogen-bond donors (Lipinski definition) is 1. The maximum Gasteiger partial charge on any atom is 0.312 e. The van der Waals surface area contributed by atoms with Crippen molar-refractivity contribution in [1.82, 2.24) is 10.3 Å². The highest BCUT2D eigenvalue weighted by Gasteiger charge is 2.58. The van der Waals surface area contributed by atoms with Gasteiger partial charge in [0.1, 0.15) is 5.82 Å². The summed E-state index contributed by atoms with van der Waals surface area (Å²) in [6.07, 6.45) is 4.14. The normalized spacial score (nSPS) is 27.0. The Kier molecular flexibility index (Phi) is 6.93. The van der Waals surface area contributed by atoms with Gasteiger partial charge in [0.15, 0.2) is 5.17 Å². The van der Waals surface area contributed by atoms with Gasteiger partial charge in [0.05, 0.1) is 23.1 Å². The smallest absolute Gasteiger partial charge is 0.312 e. The van der Waals surface area contributed by atoms with E-state index in [9.17, 15) is 14.0 Å². The molecule has 1 N–H and O–H groups in total. The van der Waals surface area contributed by atoms with Crippen LogP contribution in [0.2, 0.25) is 0 Å². The van der Waals surface area contributed by atoms with Crippen LogP contribution in [0.4, 0.5) is 9.52 Å². The molecule has 1 saturated heterocycles. The lowest BCUT2D eigenvalue weighted by Gasteiger charge is -2.53. The number of thiazole rings is 1. The van der Waals surface area contributed by atoms with Crippen molar-refractivity contribution in [2.24, 2.45) is 10.4 Å². The predicted molar refractivity (Wildman–Crippen MR) is 163 cm³/mol. The molecule has 2 aliphatic carbocycles. The first kappa shape index (κ1) is 27.8. The molecule has 212 valence electrons. The second kappa shape index (κ2) is 10.2. The average Bonchev–Trinajstić information content (AvgIpc) is 3.51. The molecule has 0 bridgehead atoms. The first-order valence-electron chi connectivity index (χ1n) is 13.8. The quantitative estimate of drug-likeness (QED) is 0.249. The SMILES string of the molecule is COC(=O)[C@]1(C)CCC[C@]2(C)c3ccc(C(C)C)cc3-c3nc(/N=C4\NC(=O)/C(=C/c5ccccc5F)S4)sc3C12. The minimum Gasteiger partial charge on any atom is -0.469 e. The number of aromatic nitrogens is 1. The van der Waals surface area contributed by atoms with Crippen LogP contribution in [0.25, 0.3) is 17.3 Å². The lowest BCUT2D eigenvalue weighted by atomic mass is 9.50. The lowest BCUT2D eigenvalue weighted by molar-refractivity contribution is -0.157. The molecule has 3 aliphatic rings. The number of halogens is 1. The van der Waals surface area contributed by atoms with Crippen LogP contribution in [0.15, 0.2) is 52.4 Å². The fourth-order valence-corrected chi connectivity index (χ4v) is 9.04. The second-order valence-corrected chi connectivity index (χ2v) is 13.8. The van der Waals surface area contributed by atoms with Crippen molar-refractivity contribution in [3.8, 4) is 11.3 Å². The molecule has 2 aromatic carbocycles. The Morgan fingerprint density at radius 3 is 2.73 bits per heavy atom. The summed E-state index contributed by atoms with van der Waals surface area (Å²) in [5.41, 5.74) is 3.72. The summed E-state index contributed by atoms with van der Waals surface area (Å²) in [4.78, 5) is 37.2.